The van der Waals surface area contributed by atoms with Crippen LogP contribution < -0.4 is 0 Å². The highest BCUT2D eigenvalue weighted by Gasteiger charge is 2.30. The molecule has 0 bridgehead atoms. The maximum absolute atomic E-state index is 13.1. The number of aliphatic hydroxyl groups is 1. The Kier molecular flexibility index (Phi) is 70.9. The van der Waals surface area contributed by atoms with Crippen LogP contribution in [-0.2, 0) is 65.4 Å². The molecule has 101 heavy (non-hydrogen) atoms. The molecule has 0 aromatic rings. The minimum absolute atomic E-state index is 0.106. The van der Waals surface area contributed by atoms with Gasteiger partial charge in [-0.3, -0.25) is 37.3 Å². The van der Waals surface area contributed by atoms with E-state index in [4.69, 9.17) is 37.0 Å². The molecule has 3 N–H and O–H groups in total. The lowest BCUT2D eigenvalue weighted by atomic mass is 9.99. The Morgan fingerprint density at radius 3 is 0.752 bits per heavy atom. The van der Waals surface area contributed by atoms with Crippen molar-refractivity contribution in [1.82, 2.24) is 0 Å². The fourth-order valence-corrected chi connectivity index (χ4v) is 14.2. The second kappa shape index (κ2) is 72.3. The molecule has 19 heteroatoms. The van der Waals surface area contributed by atoms with E-state index in [1.807, 2.05) is 0 Å². The molecule has 0 spiro atoms. The quantitative estimate of drug-likeness (QED) is 0.0222. The summed E-state index contributed by atoms with van der Waals surface area (Å²) < 4.78 is 68.8. The molecule has 0 amide bonds. The van der Waals surface area contributed by atoms with Gasteiger partial charge in [-0.1, -0.05) is 376 Å². The first-order valence-corrected chi connectivity index (χ1v) is 45.4. The highest BCUT2D eigenvalue weighted by atomic mass is 31.2. The van der Waals surface area contributed by atoms with E-state index >= 15 is 0 Å². The van der Waals surface area contributed by atoms with Crippen LogP contribution in [0.2, 0.25) is 0 Å². The first kappa shape index (κ1) is 99.1. The molecule has 0 aliphatic carbocycles. The van der Waals surface area contributed by atoms with Gasteiger partial charge in [-0.25, -0.2) is 9.13 Å². The number of rotatable bonds is 80. The van der Waals surface area contributed by atoms with E-state index in [-0.39, 0.29) is 25.7 Å². The Bertz CT molecular complexity index is 1960. The number of phosphoric ester groups is 2. The van der Waals surface area contributed by atoms with Crippen molar-refractivity contribution in [3.63, 3.8) is 0 Å². The minimum atomic E-state index is -4.96. The van der Waals surface area contributed by atoms with Gasteiger partial charge in [0.15, 0.2) is 12.2 Å². The molecule has 600 valence electrons. The van der Waals surface area contributed by atoms with Crippen LogP contribution in [0.1, 0.15) is 427 Å². The summed E-state index contributed by atoms with van der Waals surface area (Å²) in [7, 11) is -9.92. The maximum atomic E-state index is 13.1. The van der Waals surface area contributed by atoms with Crippen LogP contribution in [0.5, 0.6) is 0 Å². The summed E-state index contributed by atoms with van der Waals surface area (Å²) in [6, 6.07) is 0. The Balaban J connectivity index is 5.25. The van der Waals surface area contributed by atoms with E-state index in [0.29, 0.717) is 25.7 Å². The van der Waals surface area contributed by atoms with E-state index in [1.54, 1.807) is 0 Å². The highest BCUT2D eigenvalue weighted by molar-refractivity contribution is 7.47. The zero-order valence-electron chi connectivity index (χ0n) is 66.4. The topological polar surface area (TPSA) is 237 Å². The molecule has 0 aliphatic heterocycles. The molecule has 0 aromatic heterocycles. The predicted octanol–water partition coefficient (Wildman–Crippen LogP) is 24.5. The van der Waals surface area contributed by atoms with Crippen molar-refractivity contribution >= 4 is 39.5 Å². The normalized spacial score (nSPS) is 14.2. The monoisotopic (exact) mass is 1480 g/mol. The predicted molar refractivity (Wildman–Crippen MR) is 414 cm³/mol. The van der Waals surface area contributed by atoms with Crippen molar-refractivity contribution < 1.29 is 80.2 Å². The van der Waals surface area contributed by atoms with Crippen molar-refractivity contribution in [3.8, 4) is 0 Å². The fourth-order valence-electron chi connectivity index (χ4n) is 12.6. The average Bonchev–Trinajstić information content (AvgIpc) is 1.59. The van der Waals surface area contributed by atoms with Crippen LogP contribution in [0.15, 0.2) is 0 Å². The molecular formula is C82H160O17P2. The number of hydrogen-bond acceptors (Lipinski definition) is 15. The van der Waals surface area contributed by atoms with Gasteiger partial charge in [0.25, 0.3) is 0 Å². The van der Waals surface area contributed by atoms with E-state index < -0.39 is 97.5 Å². The lowest BCUT2D eigenvalue weighted by Crippen LogP contribution is -2.30. The number of ether oxygens (including phenoxy) is 4. The number of hydrogen-bond donors (Lipinski definition) is 3. The van der Waals surface area contributed by atoms with Crippen LogP contribution in [0.3, 0.4) is 0 Å². The van der Waals surface area contributed by atoms with Crippen molar-refractivity contribution in [2.75, 3.05) is 39.6 Å². The zero-order chi connectivity index (χ0) is 74.4. The first-order valence-electron chi connectivity index (χ1n) is 42.4. The summed E-state index contributed by atoms with van der Waals surface area (Å²) >= 11 is 0. The lowest BCUT2D eigenvalue weighted by Gasteiger charge is -2.21. The van der Waals surface area contributed by atoms with E-state index in [9.17, 15) is 43.2 Å². The van der Waals surface area contributed by atoms with Gasteiger partial charge in [-0.2, -0.15) is 0 Å². The second-order valence-corrected chi connectivity index (χ2v) is 33.6. The van der Waals surface area contributed by atoms with Crippen LogP contribution in [-0.4, -0.2) is 96.7 Å². The molecule has 6 atom stereocenters. The summed E-state index contributed by atoms with van der Waals surface area (Å²) in [5.41, 5.74) is 0. The standard InChI is InChI=1S/C82H160O17P2/c1-8-10-11-12-13-14-15-16-17-18-22-25-28-34-42-49-56-63-79(84)92-69-77(98-81(86)65-58-51-44-35-29-26-23-20-19-21-24-27-32-39-46-53-60-73(3)4)71-96-100(88,89)94-67-76(83)68-95-101(90,91)97-72-78(70-93-80(85)64-57-50-43-38-37-40-47-54-61-74(5)6)99-82(87)66-59-52-45-36-31-30-33-41-48-55-62-75(7)9-2/h73-78,83H,8-72H2,1-7H3,(H,88,89)(H,90,91)/t75?,76-,77-,78-/m1/s1. The van der Waals surface area contributed by atoms with Gasteiger partial charge in [-0.05, 0) is 43.4 Å². The molecule has 0 saturated heterocycles. The Morgan fingerprint density at radius 1 is 0.287 bits per heavy atom. The Morgan fingerprint density at radius 2 is 0.505 bits per heavy atom. The number of aliphatic hydroxyl groups excluding tert-OH is 1. The molecule has 0 aliphatic rings. The summed E-state index contributed by atoms with van der Waals surface area (Å²) in [4.78, 5) is 73.1. The van der Waals surface area contributed by atoms with E-state index in [1.165, 1.54) is 238 Å². The maximum Gasteiger partial charge on any atom is 0.472 e. The second-order valence-electron chi connectivity index (χ2n) is 30.7. The molecule has 0 radical (unpaired) electrons. The molecule has 0 fully saturated rings. The van der Waals surface area contributed by atoms with Crippen molar-refractivity contribution in [3.05, 3.63) is 0 Å². The summed E-state index contributed by atoms with van der Waals surface area (Å²) in [5.74, 6) is 0.229. The van der Waals surface area contributed by atoms with Crippen molar-refractivity contribution in [1.29, 1.82) is 0 Å². The zero-order valence-corrected chi connectivity index (χ0v) is 68.2. The third-order valence-electron chi connectivity index (χ3n) is 19.5. The summed E-state index contributed by atoms with van der Waals surface area (Å²) in [6.07, 6.45) is 61.0. The van der Waals surface area contributed by atoms with Gasteiger partial charge < -0.3 is 33.8 Å². The molecule has 3 unspecified atom stereocenters. The van der Waals surface area contributed by atoms with Gasteiger partial charge >= 0.3 is 39.5 Å². The number of phosphoric acid groups is 2. The van der Waals surface area contributed by atoms with Crippen LogP contribution >= 0.6 is 15.6 Å². The third-order valence-corrected chi connectivity index (χ3v) is 21.4. The van der Waals surface area contributed by atoms with Gasteiger partial charge in [0.05, 0.1) is 26.4 Å². The molecule has 0 aromatic carbocycles. The molecular weight excluding hydrogens is 1320 g/mol. The number of carbonyl (C=O) groups excluding carboxylic acids is 4. The van der Waals surface area contributed by atoms with E-state index in [2.05, 4.69) is 48.5 Å². The van der Waals surface area contributed by atoms with Crippen molar-refractivity contribution in [2.24, 2.45) is 17.8 Å². The smallest absolute Gasteiger partial charge is 0.462 e. The number of esters is 4. The molecule has 0 saturated carbocycles. The van der Waals surface area contributed by atoms with Gasteiger partial charge in [0.1, 0.15) is 19.3 Å². The molecule has 0 heterocycles. The fraction of sp³-hybridized carbons (Fsp3) is 0.951. The van der Waals surface area contributed by atoms with Crippen LogP contribution in [0.4, 0.5) is 0 Å². The lowest BCUT2D eigenvalue weighted by molar-refractivity contribution is -0.161. The summed E-state index contributed by atoms with van der Waals surface area (Å²) in [5, 5.41) is 10.7. The van der Waals surface area contributed by atoms with Crippen LogP contribution in [0, 0.1) is 17.8 Å². The molecule has 0 rings (SSSR count). The SMILES string of the molecule is CCCCCCCCCCCCCCCCCCCC(=O)OC[C@H](COP(=O)(O)OC[C@@H](O)COP(=O)(O)OC[C@@H](COC(=O)CCCCCCCCCCC(C)C)OC(=O)CCCCCCCCCCCCC(C)CC)OC(=O)CCCCCCCCCCCCCCCCCCC(C)C. The average molecular weight is 1480 g/mol. The minimum Gasteiger partial charge on any atom is -0.462 e. The molecule has 17 nitrogen and oxygen atoms in total. The first-order chi connectivity index (χ1) is 48.8. The van der Waals surface area contributed by atoms with Gasteiger partial charge in [-0.15, -0.1) is 0 Å². The Hall–Kier alpha value is -1.94. The number of unbranched alkanes of at least 4 members (excludes halogenated alkanes) is 47. The van der Waals surface area contributed by atoms with Crippen LogP contribution in [0.25, 0.3) is 0 Å². The summed E-state index contributed by atoms with van der Waals surface area (Å²) in [6.45, 7) is 12.0. The highest BCUT2D eigenvalue weighted by Crippen LogP contribution is 2.45. The van der Waals surface area contributed by atoms with Crippen molar-refractivity contribution in [2.45, 2.75) is 446 Å². The number of carbonyl (C=O) groups is 4. The van der Waals surface area contributed by atoms with E-state index in [0.717, 1.165) is 108 Å². The Labute approximate surface area is 619 Å². The largest absolute Gasteiger partial charge is 0.472 e. The third kappa shape index (κ3) is 74.7. The van der Waals surface area contributed by atoms with Gasteiger partial charge in [0.2, 0.25) is 0 Å². The van der Waals surface area contributed by atoms with Gasteiger partial charge in [0, 0.05) is 25.7 Å².